The van der Waals surface area contributed by atoms with Crippen LogP contribution in [-0.4, -0.2) is 73.2 Å². The Kier molecular flexibility index (Phi) is 22.4. The molecule has 2 amide bonds. The fraction of sp³-hybridized carbons (Fsp3) is 0.733. The Morgan fingerprint density at radius 3 is 1.07 bits per heavy atom. The summed E-state index contributed by atoms with van der Waals surface area (Å²) in [6.45, 7) is 9.51. The monoisotopic (exact) mass is 598 g/mol. The molecule has 0 rings (SSSR count). The van der Waals surface area contributed by atoms with Gasteiger partial charge in [0, 0.05) is 50.4 Å². The van der Waals surface area contributed by atoms with Gasteiger partial charge in [0.05, 0.1) is 26.3 Å². The molecule has 0 saturated carbocycles. The first kappa shape index (κ1) is 40.7. The Balaban J connectivity index is 0. The van der Waals surface area contributed by atoms with Crippen molar-refractivity contribution in [1.29, 1.82) is 0 Å². The zero-order valence-corrected chi connectivity index (χ0v) is 26.5. The molecule has 2 N–H and O–H groups in total. The Bertz CT molecular complexity index is 857. The summed E-state index contributed by atoms with van der Waals surface area (Å²) in [6.07, 6.45) is 3.64. The van der Waals surface area contributed by atoms with Gasteiger partial charge in [0.15, 0.2) is 11.6 Å². The van der Waals surface area contributed by atoms with Gasteiger partial charge in [-0.05, 0) is 53.4 Å². The Morgan fingerprint density at radius 2 is 0.810 bits per heavy atom. The summed E-state index contributed by atoms with van der Waals surface area (Å²) in [5.74, 6) is -2.06. The van der Waals surface area contributed by atoms with Crippen LogP contribution in [0.4, 0.5) is 0 Å². The smallest absolute Gasteiger partial charge is 0.305 e. The van der Waals surface area contributed by atoms with Crippen LogP contribution in [0, 0.1) is 11.8 Å². The number of nitrogens with one attached hydrogen (secondary N) is 2. The van der Waals surface area contributed by atoms with E-state index in [1.54, 1.807) is 27.7 Å². The molecule has 4 atom stereocenters. The number of esters is 2. The van der Waals surface area contributed by atoms with E-state index in [1.165, 1.54) is 28.1 Å². The average molecular weight is 599 g/mol. The molecule has 0 aliphatic heterocycles. The lowest BCUT2D eigenvalue weighted by Gasteiger charge is -2.14. The first-order chi connectivity index (χ1) is 19.5. The number of hydrogen-bond donors (Lipinski definition) is 2. The molecule has 42 heavy (non-hydrogen) atoms. The van der Waals surface area contributed by atoms with Crippen molar-refractivity contribution in [2.75, 3.05) is 14.2 Å². The van der Waals surface area contributed by atoms with Crippen LogP contribution in [0.1, 0.15) is 106 Å². The quantitative estimate of drug-likeness (QED) is 0.156. The zero-order chi connectivity index (χ0) is 32.8. The maximum absolute atomic E-state index is 11.8. The molecule has 0 aromatic heterocycles. The van der Waals surface area contributed by atoms with Crippen LogP contribution in [0.25, 0.3) is 0 Å². The summed E-state index contributed by atoms with van der Waals surface area (Å²) < 4.78 is 9.00. The number of ketones is 4. The molecule has 0 aromatic rings. The molecule has 240 valence electrons. The van der Waals surface area contributed by atoms with Crippen molar-refractivity contribution < 1.29 is 47.8 Å². The summed E-state index contributed by atoms with van der Waals surface area (Å²) in [5, 5.41) is 5.22. The van der Waals surface area contributed by atoms with Crippen LogP contribution in [0.5, 0.6) is 0 Å². The summed E-state index contributed by atoms with van der Waals surface area (Å²) in [7, 11) is 2.65. The molecule has 0 aliphatic carbocycles. The van der Waals surface area contributed by atoms with Crippen LogP contribution in [-0.2, 0) is 47.8 Å². The maximum Gasteiger partial charge on any atom is 0.305 e. The largest absolute Gasteiger partial charge is 0.469 e. The lowest BCUT2D eigenvalue weighted by molar-refractivity contribution is -0.141. The van der Waals surface area contributed by atoms with Crippen LogP contribution in [0.15, 0.2) is 0 Å². The van der Waals surface area contributed by atoms with E-state index in [-0.39, 0.29) is 97.2 Å². The SMILES string of the molecule is COC(=O)CCCCC(=O)NC(C)C(=O)CC(C)C(C)=O.COC(=O)CCCCC(=O)N[C@@H](C)C(=O)C[C@@H](C)C(C)=O. The molecule has 0 radical (unpaired) electrons. The Morgan fingerprint density at radius 1 is 0.524 bits per heavy atom. The number of ether oxygens (including phenoxy) is 2. The second-order valence-corrected chi connectivity index (χ2v) is 10.5. The molecule has 12 heteroatoms. The molecule has 2 unspecified atom stereocenters. The van der Waals surface area contributed by atoms with Gasteiger partial charge in [-0.3, -0.25) is 38.4 Å². The molecule has 0 aromatic carbocycles. The number of methoxy groups -OCH3 is 2. The number of carbonyl (C=O) groups excluding carboxylic acids is 8. The van der Waals surface area contributed by atoms with Crippen molar-refractivity contribution in [3.63, 3.8) is 0 Å². The highest BCUT2D eigenvalue weighted by Crippen LogP contribution is 2.08. The van der Waals surface area contributed by atoms with Crippen molar-refractivity contribution in [3.8, 4) is 0 Å². The van der Waals surface area contributed by atoms with Gasteiger partial charge in [-0.25, -0.2) is 0 Å². The average Bonchev–Trinajstić information content (AvgIpc) is 2.92. The third-order valence-electron chi connectivity index (χ3n) is 6.65. The molecule has 0 heterocycles. The van der Waals surface area contributed by atoms with Crippen LogP contribution in [0.2, 0.25) is 0 Å². The molecular weight excluding hydrogens is 548 g/mol. The predicted octanol–water partition coefficient (Wildman–Crippen LogP) is 2.82. The molecule has 0 aliphatic rings. The van der Waals surface area contributed by atoms with Gasteiger partial charge in [0.25, 0.3) is 0 Å². The van der Waals surface area contributed by atoms with E-state index in [0.717, 1.165) is 0 Å². The zero-order valence-electron chi connectivity index (χ0n) is 26.5. The van der Waals surface area contributed by atoms with Gasteiger partial charge in [0.1, 0.15) is 11.6 Å². The molecule has 12 nitrogen and oxygen atoms in total. The van der Waals surface area contributed by atoms with Crippen molar-refractivity contribution >= 4 is 46.9 Å². The van der Waals surface area contributed by atoms with Gasteiger partial charge in [-0.1, -0.05) is 13.8 Å². The summed E-state index contributed by atoms with van der Waals surface area (Å²) in [6, 6.07) is -1.19. The summed E-state index contributed by atoms with van der Waals surface area (Å²) in [5.41, 5.74) is 0. The normalized spacial score (nSPS) is 13.1. The van der Waals surface area contributed by atoms with Crippen LogP contribution in [0.3, 0.4) is 0 Å². The van der Waals surface area contributed by atoms with E-state index in [2.05, 4.69) is 20.1 Å². The first-order valence-electron chi connectivity index (χ1n) is 14.3. The number of unbranched alkanes of at least 4 members (excludes halogenated alkanes) is 2. The number of Topliss-reactive ketones (excluding diaryl/α,β-unsaturated/α-hetero) is 4. The van der Waals surface area contributed by atoms with Gasteiger partial charge in [0.2, 0.25) is 11.8 Å². The van der Waals surface area contributed by atoms with Crippen LogP contribution < -0.4 is 10.6 Å². The predicted molar refractivity (Wildman–Crippen MR) is 155 cm³/mol. The number of rotatable bonds is 20. The minimum absolute atomic E-state index is 0.0373. The van der Waals surface area contributed by atoms with Gasteiger partial charge in [-0.15, -0.1) is 0 Å². The van der Waals surface area contributed by atoms with E-state index in [1.807, 2.05) is 0 Å². The lowest BCUT2D eigenvalue weighted by atomic mass is 9.98. The van der Waals surface area contributed by atoms with Crippen molar-refractivity contribution in [2.24, 2.45) is 11.8 Å². The molecular formula is C30H50N2O10. The minimum Gasteiger partial charge on any atom is -0.469 e. The summed E-state index contributed by atoms with van der Waals surface area (Å²) >= 11 is 0. The van der Waals surface area contributed by atoms with E-state index in [0.29, 0.717) is 25.7 Å². The third-order valence-corrected chi connectivity index (χ3v) is 6.65. The standard InChI is InChI=1S/2C15H25NO5/c2*1-10(12(3)17)9-13(18)11(2)16-14(19)7-5-6-8-15(20)21-4/h2*10-11H,5-9H2,1-4H3,(H,16,19)/t10-,11+;/m1./s1. The number of carbonyl (C=O) groups is 8. The fourth-order valence-electron chi connectivity index (χ4n) is 3.35. The molecule has 0 bridgehead atoms. The van der Waals surface area contributed by atoms with Crippen molar-refractivity contribution in [2.45, 2.75) is 118 Å². The highest BCUT2D eigenvalue weighted by molar-refractivity contribution is 5.92. The second kappa shape index (κ2) is 23.2. The van der Waals surface area contributed by atoms with E-state index < -0.39 is 12.1 Å². The maximum atomic E-state index is 11.8. The van der Waals surface area contributed by atoms with Crippen LogP contribution >= 0.6 is 0 Å². The Labute approximate surface area is 249 Å². The van der Waals surface area contributed by atoms with Crippen molar-refractivity contribution in [1.82, 2.24) is 10.6 Å². The highest BCUT2D eigenvalue weighted by atomic mass is 16.5. The first-order valence-corrected chi connectivity index (χ1v) is 14.3. The highest BCUT2D eigenvalue weighted by Gasteiger charge is 2.21. The fourth-order valence-corrected chi connectivity index (χ4v) is 3.35. The van der Waals surface area contributed by atoms with Gasteiger partial charge in [-0.2, -0.15) is 0 Å². The van der Waals surface area contributed by atoms with E-state index >= 15 is 0 Å². The molecule has 0 spiro atoms. The van der Waals surface area contributed by atoms with Gasteiger partial charge < -0.3 is 20.1 Å². The number of hydrogen-bond acceptors (Lipinski definition) is 10. The van der Waals surface area contributed by atoms with E-state index in [4.69, 9.17) is 0 Å². The minimum atomic E-state index is -0.597. The summed E-state index contributed by atoms with van der Waals surface area (Å²) in [4.78, 5) is 90.9. The Hall–Kier alpha value is -3.44. The number of amides is 2. The van der Waals surface area contributed by atoms with Gasteiger partial charge >= 0.3 is 11.9 Å². The molecule has 0 fully saturated rings. The second-order valence-electron chi connectivity index (χ2n) is 10.5. The topological polar surface area (TPSA) is 179 Å². The lowest BCUT2D eigenvalue weighted by Crippen LogP contribution is -2.39. The van der Waals surface area contributed by atoms with Crippen molar-refractivity contribution in [3.05, 3.63) is 0 Å². The van der Waals surface area contributed by atoms with E-state index in [9.17, 15) is 38.4 Å². The molecule has 0 saturated heterocycles. The third kappa shape index (κ3) is 21.3.